The fraction of sp³-hybridized carbons (Fsp3) is 0.344. The molecule has 1 fully saturated rings. The molecule has 2 heterocycles. The van der Waals surface area contributed by atoms with E-state index in [-0.39, 0.29) is 5.78 Å². The smallest absolute Gasteiger partial charge is 0.223 e. The minimum atomic E-state index is 0.259. The average molecular weight is 491 g/mol. The van der Waals surface area contributed by atoms with Gasteiger partial charge in [-0.2, -0.15) is 0 Å². The van der Waals surface area contributed by atoms with Crippen LogP contribution in [0, 0.1) is 13.8 Å². The molecular weight excluding hydrogens is 456 g/mol. The summed E-state index contributed by atoms with van der Waals surface area (Å²) >= 11 is 0. The third kappa shape index (κ3) is 5.01. The number of piperidine rings is 1. The Balaban J connectivity index is 1.16. The third-order valence-electron chi connectivity index (χ3n) is 7.92. The first-order valence-corrected chi connectivity index (χ1v) is 13.5. The van der Waals surface area contributed by atoms with Gasteiger partial charge in [0, 0.05) is 43.0 Å². The predicted molar refractivity (Wildman–Crippen MR) is 150 cm³/mol. The maximum Gasteiger partial charge on any atom is 0.223 e. The quantitative estimate of drug-likeness (QED) is 0.346. The largest absolute Gasteiger partial charge is 0.351 e. The van der Waals surface area contributed by atoms with Crippen LogP contribution in [0.3, 0.4) is 0 Å². The van der Waals surface area contributed by atoms with E-state index in [9.17, 15) is 4.79 Å². The van der Waals surface area contributed by atoms with Crippen LogP contribution in [0.25, 0.3) is 22.0 Å². The van der Waals surface area contributed by atoms with Gasteiger partial charge in [-0.1, -0.05) is 54.1 Å². The lowest BCUT2D eigenvalue weighted by Gasteiger charge is -2.32. The van der Waals surface area contributed by atoms with Crippen molar-refractivity contribution in [1.82, 2.24) is 14.9 Å². The molecule has 0 amide bonds. The molecule has 0 radical (unpaired) electrons. The van der Waals surface area contributed by atoms with Crippen molar-refractivity contribution in [2.45, 2.75) is 58.5 Å². The van der Waals surface area contributed by atoms with Gasteiger partial charge in [-0.25, -0.2) is 9.97 Å². The van der Waals surface area contributed by atoms with Crippen molar-refractivity contribution < 1.29 is 4.79 Å². The fourth-order valence-corrected chi connectivity index (χ4v) is 5.83. The molecule has 37 heavy (non-hydrogen) atoms. The van der Waals surface area contributed by atoms with Crippen LogP contribution in [0.1, 0.15) is 58.4 Å². The molecule has 0 bridgehead atoms. The van der Waals surface area contributed by atoms with E-state index in [1.165, 1.54) is 16.7 Å². The van der Waals surface area contributed by atoms with Gasteiger partial charge in [-0.3, -0.25) is 9.69 Å². The minimum absolute atomic E-state index is 0.259. The molecule has 2 aliphatic rings. The molecule has 0 atom stereocenters. The van der Waals surface area contributed by atoms with E-state index in [0.29, 0.717) is 18.4 Å². The summed E-state index contributed by atoms with van der Waals surface area (Å²) in [5, 5.41) is 4.64. The Morgan fingerprint density at radius 3 is 2.57 bits per heavy atom. The van der Waals surface area contributed by atoms with Gasteiger partial charge in [0.05, 0.1) is 11.2 Å². The number of hydrogen-bond acceptors (Lipinski definition) is 5. The molecule has 0 spiro atoms. The minimum Gasteiger partial charge on any atom is -0.351 e. The highest BCUT2D eigenvalue weighted by atomic mass is 16.1. The zero-order valence-electron chi connectivity index (χ0n) is 21.8. The number of aromatic nitrogens is 2. The molecule has 4 aromatic rings. The monoisotopic (exact) mass is 490 g/mol. The number of nitrogens with one attached hydrogen (secondary N) is 1. The van der Waals surface area contributed by atoms with Gasteiger partial charge in [0.25, 0.3) is 0 Å². The lowest BCUT2D eigenvalue weighted by molar-refractivity contribution is 0.0973. The second-order valence-corrected chi connectivity index (χ2v) is 10.7. The predicted octanol–water partition coefficient (Wildman–Crippen LogP) is 6.51. The number of benzene rings is 3. The van der Waals surface area contributed by atoms with Crippen LogP contribution in [-0.4, -0.2) is 39.8 Å². The molecule has 1 aliphatic carbocycles. The number of rotatable bonds is 5. The number of Topliss-reactive ketones (excluding diaryl/α,β-unsaturated/α-hetero) is 1. The van der Waals surface area contributed by atoms with Crippen molar-refractivity contribution in [3.63, 3.8) is 0 Å². The summed E-state index contributed by atoms with van der Waals surface area (Å²) in [7, 11) is 0. The fourth-order valence-electron chi connectivity index (χ4n) is 5.83. The van der Waals surface area contributed by atoms with Gasteiger partial charge in [0.15, 0.2) is 5.78 Å². The van der Waals surface area contributed by atoms with Crippen LogP contribution in [-0.2, 0) is 13.0 Å². The Morgan fingerprint density at radius 2 is 1.76 bits per heavy atom. The molecule has 1 aromatic heterocycles. The summed E-state index contributed by atoms with van der Waals surface area (Å²) < 4.78 is 0. The second-order valence-electron chi connectivity index (χ2n) is 10.7. The normalized spacial score (nSPS) is 16.6. The topological polar surface area (TPSA) is 58.1 Å². The van der Waals surface area contributed by atoms with Gasteiger partial charge in [0.2, 0.25) is 5.95 Å². The van der Waals surface area contributed by atoms with Crippen molar-refractivity contribution in [2.24, 2.45) is 0 Å². The Bertz CT molecular complexity index is 1450. The number of carbonyl (C=O) groups is 1. The van der Waals surface area contributed by atoms with E-state index in [4.69, 9.17) is 9.97 Å². The van der Waals surface area contributed by atoms with Crippen molar-refractivity contribution in [3.05, 3.63) is 88.6 Å². The first-order chi connectivity index (χ1) is 18.0. The van der Waals surface area contributed by atoms with Crippen molar-refractivity contribution in [3.8, 4) is 11.1 Å². The van der Waals surface area contributed by atoms with Crippen LogP contribution in [0.5, 0.6) is 0 Å². The van der Waals surface area contributed by atoms with Crippen LogP contribution < -0.4 is 5.32 Å². The van der Waals surface area contributed by atoms with Crippen molar-refractivity contribution in [1.29, 1.82) is 0 Å². The van der Waals surface area contributed by atoms with E-state index in [2.05, 4.69) is 84.7 Å². The molecule has 1 N–H and O–H groups in total. The van der Waals surface area contributed by atoms with Gasteiger partial charge in [0.1, 0.15) is 0 Å². The van der Waals surface area contributed by atoms with E-state index >= 15 is 0 Å². The van der Waals surface area contributed by atoms with E-state index in [1.54, 1.807) is 0 Å². The molecular formula is C32H34N4O. The highest BCUT2D eigenvalue weighted by molar-refractivity contribution is 6.05. The van der Waals surface area contributed by atoms with Crippen LogP contribution >= 0.6 is 0 Å². The molecule has 1 saturated heterocycles. The Hall–Kier alpha value is -3.57. The zero-order valence-corrected chi connectivity index (χ0v) is 21.8. The molecule has 6 rings (SSSR count). The number of aryl methyl sites for hydroxylation is 3. The molecule has 188 valence electrons. The van der Waals surface area contributed by atoms with Gasteiger partial charge in [-0.15, -0.1) is 0 Å². The second kappa shape index (κ2) is 10.1. The summed E-state index contributed by atoms with van der Waals surface area (Å²) in [6, 6.07) is 21.8. The number of anilines is 1. The number of carbonyl (C=O) groups excluding carboxylic acids is 1. The zero-order chi connectivity index (χ0) is 25.4. The summed E-state index contributed by atoms with van der Waals surface area (Å²) in [4.78, 5) is 24.9. The average Bonchev–Trinajstić information content (AvgIpc) is 2.91. The molecule has 0 saturated carbocycles. The van der Waals surface area contributed by atoms with Gasteiger partial charge >= 0.3 is 0 Å². The number of ketones is 1. The van der Waals surface area contributed by atoms with Crippen molar-refractivity contribution >= 4 is 22.6 Å². The Labute approximate surface area is 219 Å². The highest BCUT2D eigenvalue weighted by Crippen LogP contribution is 2.33. The third-order valence-corrected chi connectivity index (χ3v) is 7.92. The Morgan fingerprint density at radius 1 is 0.946 bits per heavy atom. The number of hydrogen-bond donors (Lipinski definition) is 1. The Kier molecular flexibility index (Phi) is 6.47. The summed E-state index contributed by atoms with van der Waals surface area (Å²) in [6.45, 7) is 7.34. The molecule has 0 unspecified atom stereocenters. The number of likely N-dealkylation sites (tertiary alicyclic amines) is 1. The number of nitrogens with zero attached hydrogens (tertiary/aromatic N) is 3. The lowest BCUT2D eigenvalue weighted by Crippen LogP contribution is -2.39. The molecule has 3 aromatic carbocycles. The maximum absolute atomic E-state index is 12.7. The van der Waals surface area contributed by atoms with Crippen LogP contribution in [0.2, 0.25) is 0 Å². The van der Waals surface area contributed by atoms with E-state index < -0.39 is 0 Å². The molecule has 5 nitrogen and oxygen atoms in total. The van der Waals surface area contributed by atoms with Crippen LogP contribution in [0.15, 0.2) is 60.7 Å². The highest BCUT2D eigenvalue weighted by Gasteiger charge is 2.22. The van der Waals surface area contributed by atoms with Gasteiger partial charge < -0.3 is 5.32 Å². The first-order valence-electron chi connectivity index (χ1n) is 13.5. The van der Waals surface area contributed by atoms with Gasteiger partial charge in [-0.05, 0) is 73.9 Å². The standard InChI is InChI=1S/C32H34N4O/c1-21-9-11-23(12-10-21)20-36-17-15-26(16-18-36)34-32-33-22(2)28-19-25(13-14-29(28)35-32)27-7-3-5-24-6-4-8-30(37)31(24)27/h3,5,7,9-14,19,26H,4,6,8,15-18,20H2,1-2H3,(H,33,34,35). The van der Waals surface area contributed by atoms with E-state index in [0.717, 1.165) is 78.6 Å². The lowest BCUT2D eigenvalue weighted by atomic mass is 9.85. The SMILES string of the molecule is Cc1ccc(CN2CCC(Nc3nc(C)c4cc(-c5cccc6c5C(=O)CCC6)ccc4n3)CC2)cc1. The molecule has 1 aliphatic heterocycles. The van der Waals surface area contributed by atoms with E-state index in [1.807, 2.05) is 0 Å². The number of fused-ring (bicyclic) bond motifs is 2. The summed E-state index contributed by atoms with van der Waals surface area (Å²) in [5.41, 5.74) is 8.75. The first kappa shape index (κ1) is 23.8. The molecule has 5 heteroatoms. The van der Waals surface area contributed by atoms with Crippen molar-refractivity contribution in [2.75, 3.05) is 18.4 Å². The summed E-state index contributed by atoms with van der Waals surface area (Å²) in [6.07, 6.45) is 4.72. The van der Waals surface area contributed by atoms with Crippen LogP contribution in [0.4, 0.5) is 5.95 Å². The summed E-state index contributed by atoms with van der Waals surface area (Å²) in [5.74, 6) is 0.969. The maximum atomic E-state index is 12.7.